The molecule has 0 atom stereocenters. The molecular weight excluding hydrogens is 476 g/mol. The Hall–Kier alpha value is -3.41. The third kappa shape index (κ3) is 4.13. The summed E-state index contributed by atoms with van der Waals surface area (Å²) >= 11 is 6.59. The third-order valence-electron chi connectivity index (χ3n) is 5.34. The summed E-state index contributed by atoms with van der Waals surface area (Å²) in [4.78, 5) is 32.9. The molecule has 0 unspecified atom stereocenters. The summed E-state index contributed by atoms with van der Waals surface area (Å²) in [6.45, 7) is 2.39. The number of aliphatic hydroxyl groups is 1. The lowest BCUT2D eigenvalue weighted by Gasteiger charge is -2.14. The van der Waals surface area contributed by atoms with Crippen molar-refractivity contribution in [1.29, 1.82) is 0 Å². The van der Waals surface area contributed by atoms with E-state index in [0.29, 0.717) is 32.2 Å². The van der Waals surface area contributed by atoms with Gasteiger partial charge in [0.05, 0.1) is 23.6 Å². The van der Waals surface area contributed by atoms with Crippen LogP contribution in [0.1, 0.15) is 16.7 Å². The number of pyridine rings is 1. The minimum Gasteiger partial charge on any atom is -0.454 e. The van der Waals surface area contributed by atoms with E-state index < -0.39 is 0 Å². The Morgan fingerprint density at radius 3 is 2.88 bits per heavy atom. The van der Waals surface area contributed by atoms with E-state index in [1.54, 1.807) is 18.3 Å². The number of ether oxygens (including phenoxy) is 2. The molecule has 1 aromatic carbocycles. The number of aliphatic hydroxyl groups excluding tert-OH is 1. The van der Waals surface area contributed by atoms with Crippen LogP contribution in [0.5, 0.6) is 11.5 Å². The minimum atomic E-state index is -0.324. The SMILES string of the molecule is Cc1ccc2nc(NCCO)c(/C=C3/SC(=S)N(Cc4ccc5c(c4)OCO5)C3=O)c(=O)n2c1. The van der Waals surface area contributed by atoms with Gasteiger partial charge in [0.15, 0.2) is 11.5 Å². The lowest BCUT2D eigenvalue weighted by atomic mass is 10.2. The molecule has 2 aromatic heterocycles. The second kappa shape index (κ2) is 9.09. The average Bonchev–Trinajstić information content (AvgIpc) is 3.39. The predicted octanol–water partition coefficient (Wildman–Crippen LogP) is 2.54. The first kappa shape index (κ1) is 22.4. The van der Waals surface area contributed by atoms with E-state index in [2.05, 4.69) is 10.3 Å². The van der Waals surface area contributed by atoms with E-state index in [4.69, 9.17) is 21.7 Å². The molecule has 0 spiro atoms. The number of amides is 1. The standard InChI is InChI=1S/C23H20N4O5S2/c1-13-2-5-19-25-20(24-6-7-28)15(21(29)26(19)10-13)9-18-22(30)27(23(33)34-18)11-14-3-4-16-17(8-14)32-12-31-16/h2-5,8-10,24,28H,6-7,11-12H2,1H3/b18-9+. The van der Waals surface area contributed by atoms with Crippen molar-refractivity contribution in [1.82, 2.24) is 14.3 Å². The van der Waals surface area contributed by atoms with E-state index in [-0.39, 0.29) is 43.5 Å². The largest absolute Gasteiger partial charge is 0.454 e. The molecule has 2 aliphatic rings. The topological polar surface area (TPSA) is 105 Å². The molecule has 0 radical (unpaired) electrons. The van der Waals surface area contributed by atoms with Crippen LogP contribution < -0.4 is 20.3 Å². The number of hydrogen-bond donors (Lipinski definition) is 2. The Morgan fingerprint density at radius 1 is 1.24 bits per heavy atom. The van der Waals surface area contributed by atoms with E-state index in [0.717, 1.165) is 22.9 Å². The summed E-state index contributed by atoms with van der Waals surface area (Å²) in [5.74, 6) is 1.29. The first-order valence-electron chi connectivity index (χ1n) is 10.5. The van der Waals surface area contributed by atoms with Crippen molar-refractivity contribution in [2.45, 2.75) is 13.5 Å². The smallest absolute Gasteiger partial charge is 0.267 e. The lowest BCUT2D eigenvalue weighted by molar-refractivity contribution is -0.122. The van der Waals surface area contributed by atoms with Crippen LogP contribution in [0.3, 0.4) is 0 Å². The van der Waals surface area contributed by atoms with E-state index in [9.17, 15) is 14.7 Å². The van der Waals surface area contributed by atoms with Crippen molar-refractivity contribution < 1.29 is 19.4 Å². The fraction of sp³-hybridized carbons (Fsp3) is 0.217. The highest BCUT2D eigenvalue weighted by molar-refractivity contribution is 8.26. The first-order chi connectivity index (χ1) is 16.4. The van der Waals surface area contributed by atoms with Crippen molar-refractivity contribution in [3.05, 3.63) is 68.5 Å². The van der Waals surface area contributed by atoms with Crippen LogP contribution in [0.2, 0.25) is 0 Å². The van der Waals surface area contributed by atoms with Crippen molar-refractivity contribution in [2.75, 3.05) is 25.3 Å². The number of hydrogen-bond acceptors (Lipinski definition) is 9. The number of nitrogens with zero attached hydrogens (tertiary/aromatic N) is 3. The maximum absolute atomic E-state index is 13.3. The molecule has 5 rings (SSSR count). The fourth-order valence-corrected chi connectivity index (χ4v) is 4.92. The highest BCUT2D eigenvalue weighted by Crippen LogP contribution is 2.36. The van der Waals surface area contributed by atoms with Gasteiger partial charge in [-0.2, -0.15) is 0 Å². The number of thiocarbonyl (C=S) groups is 1. The normalized spacial score (nSPS) is 16.2. The molecule has 9 nitrogen and oxygen atoms in total. The zero-order chi connectivity index (χ0) is 23.8. The molecule has 11 heteroatoms. The van der Waals surface area contributed by atoms with E-state index >= 15 is 0 Å². The second-order valence-corrected chi connectivity index (χ2v) is 9.40. The van der Waals surface area contributed by atoms with Crippen LogP contribution in [0.15, 0.2) is 46.2 Å². The van der Waals surface area contributed by atoms with Gasteiger partial charge in [-0.3, -0.25) is 18.9 Å². The van der Waals surface area contributed by atoms with Gasteiger partial charge in [-0.15, -0.1) is 0 Å². The van der Waals surface area contributed by atoms with Gasteiger partial charge in [-0.05, 0) is 42.3 Å². The molecule has 1 saturated heterocycles. The monoisotopic (exact) mass is 496 g/mol. The van der Waals surface area contributed by atoms with Gasteiger partial charge in [-0.1, -0.05) is 36.1 Å². The molecule has 3 aromatic rings. The minimum absolute atomic E-state index is 0.133. The Bertz CT molecular complexity index is 1420. The number of rotatable bonds is 6. The summed E-state index contributed by atoms with van der Waals surface area (Å²) < 4.78 is 12.6. The fourth-order valence-electron chi connectivity index (χ4n) is 3.69. The summed E-state index contributed by atoms with van der Waals surface area (Å²) in [7, 11) is 0. The lowest BCUT2D eigenvalue weighted by Crippen LogP contribution is -2.27. The molecule has 174 valence electrons. The second-order valence-electron chi connectivity index (χ2n) is 7.72. The van der Waals surface area contributed by atoms with Crippen molar-refractivity contribution in [3.63, 3.8) is 0 Å². The van der Waals surface area contributed by atoms with Gasteiger partial charge in [0, 0.05) is 12.7 Å². The van der Waals surface area contributed by atoms with Crippen molar-refractivity contribution >= 4 is 51.7 Å². The molecule has 1 fully saturated rings. The van der Waals surface area contributed by atoms with Gasteiger partial charge < -0.3 is 19.9 Å². The number of fused-ring (bicyclic) bond motifs is 2. The molecule has 4 heterocycles. The number of anilines is 1. The van der Waals surface area contributed by atoms with Gasteiger partial charge in [0.25, 0.3) is 11.5 Å². The van der Waals surface area contributed by atoms with Gasteiger partial charge in [0.2, 0.25) is 6.79 Å². The zero-order valence-corrected chi connectivity index (χ0v) is 19.7. The maximum atomic E-state index is 13.3. The van der Waals surface area contributed by atoms with Crippen LogP contribution >= 0.6 is 24.0 Å². The van der Waals surface area contributed by atoms with Crippen LogP contribution in [0.4, 0.5) is 5.82 Å². The van der Waals surface area contributed by atoms with Crippen LogP contribution in [-0.2, 0) is 11.3 Å². The first-order valence-corrected chi connectivity index (χ1v) is 11.7. The summed E-state index contributed by atoms with van der Waals surface area (Å²) in [6.07, 6.45) is 3.21. The van der Waals surface area contributed by atoms with Crippen LogP contribution in [-0.4, -0.2) is 49.6 Å². The maximum Gasteiger partial charge on any atom is 0.267 e. The zero-order valence-electron chi connectivity index (χ0n) is 18.1. The Balaban J connectivity index is 1.50. The number of thioether (sulfide) groups is 1. The number of aromatic nitrogens is 2. The van der Waals surface area contributed by atoms with E-state index in [1.807, 2.05) is 25.1 Å². The Kier molecular flexibility index (Phi) is 5.98. The molecule has 2 aliphatic heterocycles. The molecule has 0 saturated carbocycles. The molecule has 1 amide bonds. The summed E-state index contributed by atoms with van der Waals surface area (Å²) in [6, 6.07) is 9.08. The number of nitrogens with one attached hydrogen (secondary N) is 1. The number of benzene rings is 1. The summed E-state index contributed by atoms with van der Waals surface area (Å²) in [5, 5.41) is 12.2. The molecule has 0 bridgehead atoms. The van der Waals surface area contributed by atoms with Gasteiger partial charge in [-0.25, -0.2) is 4.98 Å². The van der Waals surface area contributed by atoms with Crippen molar-refractivity contribution in [2.24, 2.45) is 0 Å². The molecule has 34 heavy (non-hydrogen) atoms. The number of carbonyl (C=O) groups is 1. The third-order valence-corrected chi connectivity index (χ3v) is 6.71. The highest BCUT2D eigenvalue weighted by Gasteiger charge is 2.33. The summed E-state index contributed by atoms with van der Waals surface area (Å²) in [5.41, 5.74) is 2.10. The molecule has 0 aliphatic carbocycles. The van der Waals surface area contributed by atoms with E-state index in [1.165, 1.54) is 15.4 Å². The van der Waals surface area contributed by atoms with Crippen molar-refractivity contribution in [3.8, 4) is 11.5 Å². The number of aryl methyl sites for hydroxylation is 1. The molecule has 2 N–H and O–H groups in total. The predicted molar refractivity (Wildman–Crippen MR) is 133 cm³/mol. The quantitative estimate of drug-likeness (QED) is 0.393. The van der Waals surface area contributed by atoms with Gasteiger partial charge in [0.1, 0.15) is 15.8 Å². The number of carbonyl (C=O) groups excluding carboxylic acids is 1. The average molecular weight is 497 g/mol. The Morgan fingerprint density at radius 2 is 2.06 bits per heavy atom. The Labute approximate surface area is 204 Å². The molecular formula is C23H20N4O5S2. The highest BCUT2D eigenvalue weighted by atomic mass is 32.2. The van der Waals surface area contributed by atoms with Crippen LogP contribution in [0.25, 0.3) is 11.7 Å². The van der Waals surface area contributed by atoms with Crippen LogP contribution in [0, 0.1) is 6.92 Å². The van der Waals surface area contributed by atoms with Gasteiger partial charge >= 0.3 is 0 Å².